The predicted octanol–water partition coefficient (Wildman–Crippen LogP) is 2.02. The smallest absolute Gasteiger partial charge is 0.298 e. The van der Waals surface area contributed by atoms with Crippen LogP contribution in [0.25, 0.3) is 0 Å². The number of nitro groups is 1. The minimum Gasteiger partial charge on any atom is -0.397 e. The molecule has 2 N–H and O–H groups in total. The number of pyridine rings is 2. The van der Waals surface area contributed by atoms with Crippen molar-refractivity contribution >= 4 is 11.4 Å². The third-order valence-corrected chi connectivity index (χ3v) is 3.67. The first kappa shape index (κ1) is 19.9. The number of hydrogen-bond donors (Lipinski definition) is 1. The van der Waals surface area contributed by atoms with Crippen LogP contribution in [-0.4, -0.2) is 41.3 Å². The molecule has 0 saturated carbocycles. The molecule has 2 saturated heterocycles. The van der Waals surface area contributed by atoms with Crippen molar-refractivity contribution < 1.29 is 32.7 Å². The SMILES string of the molecule is Nc1cc(F)cnc1C1OCCO1.O=[N+]([O-])c1cc(F)cnc1C1OCCO1. The fourth-order valence-corrected chi connectivity index (χ4v) is 2.46. The second-order valence-electron chi connectivity index (χ2n) is 5.59. The van der Waals surface area contributed by atoms with Crippen molar-refractivity contribution in [1.82, 2.24) is 9.97 Å². The van der Waals surface area contributed by atoms with E-state index >= 15 is 0 Å². The first-order valence-corrected chi connectivity index (χ1v) is 8.13. The number of halogens is 2. The normalized spacial score (nSPS) is 17.4. The lowest BCUT2D eigenvalue weighted by Crippen LogP contribution is -2.06. The maximum Gasteiger partial charge on any atom is 0.298 e. The molecule has 2 aliphatic rings. The van der Waals surface area contributed by atoms with E-state index in [1.165, 1.54) is 6.07 Å². The summed E-state index contributed by atoms with van der Waals surface area (Å²) in [6, 6.07) is 2.00. The number of ether oxygens (including phenoxy) is 4. The Kier molecular flexibility index (Phi) is 6.36. The van der Waals surface area contributed by atoms with Crippen LogP contribution in [0.5, 0.6) is 0 Å². The Hall–Kier alpha value is -2.80. The summed E-state index contributed by atoms with van der Waals surface area (Å²) < 4.78 is 45.8. The summed E-state index contributed by atoms with van der Waals surface area (Å²) in [6.07, 6.45) is 0.580. The maximum atomic E-state index is 12.7. The van der Waals surface area contributed by atoms with Crippen LogP contribution >= 0.6 is 0 Å². The molecular weight excluding hydrogens is 382 g/mol. The van der Waals surface area contributed by atoms with E-state index in [-0.39, 0.29) is 11.4 Å². The molecular formula is C16H16F2N4O6. The number of anilines is 1. The van der Waals surface area contributed by atoms with Gasteiger partial charge in [-0.2, -0.15) is 0 Å². The lowest BCUT2D eigenvalue weighted by atomic mass is 10.3. The van der Waals surface area contributed by atoms with Gasteiger partial charge in [0.15, 0.2) is 5.69 Å². The van der Waals surface area contributed by atoms with Crippen LogP contribution < -0.4 is 5.73 Å². The monoisotopic (exact) mass is 398 g/mol. The van der Waals surface area contributed by atoms with Crippen LogP contribution in [0.3, 0.4) is 0 Å². The first-order valence-electron chi connectivity index (χ1n) is 8.13. The van der Waals surface area contributed by atoms with E-state index in [0.717, 1.165) is 18.5 Å². The largest absolute Gasteiger partial charge is 0.397 e. The number of nitrogens with two attached hydrogens (primary N) is 1. The van der Waals surface area contributed by atoms with Gasteiger partial charge in [0.2, 0.25) is 12.6 Å². The lowest BCUT2D eigenvalue weighted by molar-refractivity contribution is -0.387. The number of nitrogens with zero attached hydrogens (tertiary/aromatic N) is 3. The molecule has 4 heterocycles. The van der Waals surface area contributed by atoms with Gasteiger partial charge in [-0.1, -0.05) is 0 Å². The van der Waals surface area contributed by atoms with Crippen molar-refractivity contribution in [2.24, 2.45) is 0 Å². The quantitative estimate of drug-likeness (QED) is 0.609. The zero-order chi connectivity index (χ0) is 20.1. The average Bonchev–Trinajstić information content (AvgIpc) is 3.36. The van der Waals surface area contributed by atoms with Crippen LogP contribution in [0.2, 0.25) is 0 Å². The topological polar surface area (TPSA) is 132 Å². The Labute approximate surface area is 157 Å². The maximum absolute atomic E-state index is 12.7. The van der Waals surface area contributed by atoms with Crippen LogP contribution in [0.4, 0.5) is 20.2 Å². The van der Waals surface area contributed by atoms with E-state index in [4.69, 9.17) is 24.7 Å². The second kappa shape index (κ2) is 8.93. The number of rotatable bonds is 3. The lowest BCUT2D eigenvalue weighted by Gasteiger charge is -2.10. The summed E-state index contributed by atoms with van der Waals surface area (Å²) in [6.45, 7) is 1.73. The molecule has 0 radical (unpaired) electrons. The van der Waals surface area contributed by atoms with Gasteiger partial charge in [0.1, 0.15) is 17.3 Å². The highest BCUT2D eigenvalue weighted by Gasteiger charge is 2.29. The Morgan fingerprint density at radius 2 is 1.39 bits per heavy atom. The van der Waals surface area contributed by atoms with Gasteiger partial charge in [-0.25, -0.2) is 13.8 Å². The highest BCUT2D eigenvalue weighted by Crippen LogP contribution is 2.29. The average molecular weight is 398 g/mol. The van der Waals surface area contributed by atoms with E-state index < -0.39 is 34.8 Å². The number of hydrogen-bond acceptors (Lipinski definition) is 9. The van der Waals surface area contributed by atoms with E-state index in [0.29, 0.717) is 32.1 Å². The zero-order valence-electron chi connectivity index (χ0n) is 14.4. The molecule has 2 aromatic rings. The minimum atomic E-state index is -0.869. The molecule has 0 spiro atoms. The summed E-state index contributed by atoms with van der Waals surface area (Å²) in [4.78, 5) is 17.3. The third-order valence-electron chi connectivity index (χ3n) is 3.67. The Morgan fingerprint density at radius 3 is 1.89 bits per heavy atom. The molecule has 2 aliphatic heterocycles. The summed E-state index contributed by atoms with van der Waals surface area (Å²) >= 11 is 0. The predicted molar refractivity (Wildman–Crippen MR) is 88.7 cm³/mol. The van der Waals surface area contributed by atoms with Gasteiger partial charge in [0, 0.05) is 6.07 Å². The highest BCUT2D eigenvalue weighted by molar-refractivity contribution is 5.43. The van der Waals surface area contributed by atoms with E-state index in [9.17, 15) is 18.9 Å². The third kappa shape index (κ3) is 4.72. The summed E-state index contributed by atoms with van der Waals surface area (Å²) in [5.41, 5.74) is 5.81. The number of nitrogen functional groups attached to an aromatic ring is 1. The molecule has 10 nitrogen and oxygen atoms in total. The van der Waals surface area contributed by atoms with Crippen molar-refractivity contribution in [3.63, 3.8) is 0 Å². The fraction of sp³-hybridized carbons (Fsp3) is 0.375. The van der Waals surface area contributed by atoms with Gasteiger partial charge in [-0.15, -0.1) is 0 Å². The van der Waals surface area contributed by atoms with Crippen molar-refractivity contribution in [1.29, 1.82) is 0 Å². The van der Waals surface area contributed by atoms with Crippen molar-refractivity contribution in [2.45, 2.75) is 12.6 Å². The molecule has 12 heteroatoms. The highest BCUT2D eigenvalue weighted by atomic mass is 19.1. The van der Waals surface area contributed by atoms with Crippen LogP contribution in [0.1, 0.15) is 24.0 Å². The Bertz CT molecular complexity index is 844. The summed E-state index contributed by atoms with van der Waals surface area (Å²) in [5.74, 6) is -1.22. The summed E-state index contributed by atoms with van der Waals surface area (Å²) in [7, 11) is 0. The van der Waals surface area contributed by atoms with Crippen LogP contribution in [-0.2, 0) is 18.9 Å². The van der Waals surface area contributed by atoms with Crippen molar-refractivity contribution in [3.8, 4) is 0 Å². The standard InChI is InChI=1S/C8H7FN2O4.C8H9FN2O2/c9-5-3-6(11(12)13)7(10-4-5)8-14-1-2-15-8;9-5-3-6(10)7(11-4-5)8-12-1-2-13-8/h3-4,8H,1-2H2;3-4,8H,1-2,10H2. The van der Waals surface area contributed by atoms with Gasteiger partial charge < -0.3 is 24.7 Å². The van der Waals surface area contributed by atoms with E-state index in [1.807, 2.05) is 0 Å². The first-order chi connectivity index (χ1) is 13.5. The molecule has 0 amide bonds. The second-order valence-corrected chi connectivity index (χ2v) is 5.59. The molecule has 4 rings (SSSR count). The van der Waals surface area contributed by atoms with Crippen molar-refractivity contribution in [3.05, 3.63) is 57.7 Å². The molecule has 0 unspecified atom stereocenters. The Morgan fingerprint density at radius 1 is 0.929 bits per heavy atom. The molecule has 0 aromatic carbocycles. The molecule has 0 atom stereocenters. The number of aromatic nitrogens is 2. The fourth-order valence-electron chi connectivity index (χ4n) is 2.46. The van der Waals surface area contributed by atoms with Gasteiger partial charge >= 0.3 is 0 Å². The van der Waals surface area contributed by atoms with E-state index in [2.05, 4.69) is 9.97 Å². The Balaban J connectivity index is 0.000000162. The van der Waals surface area contributed by atoms with Crippen LogP contribution in [0.15, 0.2) is 24.5 Å². The molecule has 0 bridgehead atoms. The zero-order valence-corrected chi connectivity index (χ0v) is 14.4. The molecule has 28 heavy (non-hydrogen) atoms. The van der Waals surface area contributed by atoms with Gasteiger partial charge in [-0.3, -0.25) is 15.1 Å². The van der Waals surface area contributed by atoms with E-state index in [1.54, 1.807) is 0 Å². The molecule has 150 valence electrons. The molecule has 2 aromatic heterocycles. The van der Waals surface area contributed by atoms with Gasteiger partial charge in [0.25, 0.3) is 5.69 Å². The summed E-state index contributed by atoms with van der Waals surface area (Å²) in [5, 5.41) is 10.6. The molecule has 2 fully saturated rings. The minimum absolute atomic E-state index is 0.00102. The van der Waals surface area contributed by atoms with Crippen LogP contribution in [0, 0.1) is 21.7 Å². The van der Waals surface area contributed by atoms with Gasteiger partial charge in [-0.05, 0) is 0 Å². The van der Waals surface area contributed by atoms with Gasteiger partial charge in [0.05, 0.1) is 55.5 Å². The molecule has 0 aliphatic carbocycles. The van der Waals surface area contributed by atoms with Crippen molar-refractivity contribution in [2.75, 3.05) is 32.2 Å².